The molecule has 2 atom stereocenters. The van der Waals surface area contributed by atoms with Crippen molar-refractivity contribution in [2.75, 3.05) is 0 Å². The Morgan fingerprint density at radius 3 is 2.28 bits per heavy atom. The van der Waals surface area contributed by atoms with Gasteiger partial charge in [0.15, 0.2) is 0 Å². The molecule has 1 rings (SSSR count). The summed E-state index contributed by atoms with van der Waals surface area (Å²) in [6.45, 7) is 12.8. The van der Waals surface area contributed by atoms with Gasteiger partial charge in [-0.1, -0.05) is 87.3 Å². The summed E-state index contributed by atoms with van der Waals surface area (Å²) >= 11 is 0. The molecule has 0 aromatic carbocycles. The lowest BCUT2D eigenvalue weighted by atomic mass is 9.64. The molecule has 25 heavy (non-hydrogen) atoms. The average molecular weight is 343 g/mol. The van der Waals surface area contributed by atoms with E-state index in [0.29, 0.717) is 16.9 Å². The highest BCUT2D eigenvalue weighted by molar-refractivity contribution is 5.86. The summed E-state index contributed by atoms with van der Waals surface area (Å²) in [5.41, 5.74) is 2.98. The maximum absolute atomic E-state index is 10.8. The van der Waals surface area contributed by atoms with E-state index in [-0.39, 0.29) is 0 Å². The third-order valence-corrected chi connectivity index (χ3v) is 5.21. The van der Waals surface area contributed by atoms with Gasteiger partial charge in [0.2, 0.25) is 0 Å². The van der Waals surface area contributed by atoms with Crippen LogP contribution in [0, 0.1) is 17.3 Å². The Bertz CT molecular complexity index is 612. The van der Waals surface area contributed by atoms with Crippen LogP contribution in [0.2, 0.25) is 0 Å². The van der Waals surface area contributed by atoms with E-state index < -0.39 is 5.97 Å². The largest absolute Gasteiger partial charge is 0.478 e. The molecule has 1 aliphatic carbocycles. The van der Waals surface area contributed by atoms with Crippen molar-refractivity contribution < 1.29 is 9.90 Å². The Hall–Kier alpha value is -1.83. The Morgan fingerprint density at radius 1 is 1.04 bits per heavy atom. The van der Waals surface area contributed by atoms with Crippen LogP contribution in [-0.4, -0.2) is 11.1 Å². The number of carboxylic acids is 1. The van der Waals surface area contributed by atoms with Crippen LogP contribution in [0.3, 0.4) is 0 Å². The molecule has 0 spiro atoms. The van der Waals surface area contributed by atoms with Crippen molar-refractivity contribution >= 4 is 5.97 Å². The number of allylic oxidation sites excluding steroid dienone is 9. The fraction of sp³-hybridized carbons (Fsp3) is 0.522. The second kappa shape index (κ2) is 9.60. The van der Waals surface area contributed by atoms with Gasteiger partial charge in [0.25, 0.3) is 0 Å². The van der Waals surface area contributed by atoms with E-state index in [1.165, 1.54) is 24.8 Å². The number of hydrogen-bond donors (Lipinski definition) is 1. The van der Waals surface area contributed by atoms with Crippen LogP contribution < -0.4 is 0 Å². The van der Waals surface area contributed by atoms with Crippen LogP contribution in [0.1, 0.15) is 60.8 Å². The van der Waals surface area contributed by atoms with Crippen LogP contribution in [0.5, 0.6) is 0 Å². The quantitative estimate of drug-likeness (QED) is 0.443. The Labute approximate surface area is 153 Å². The standard InChI is InChI=1S/C23H34O2/c1-17(12-14-20(4)22(24)25)9-7-10-18(2)13-15-21-19(3)11-8-16-23(21,5)6/h7,9-10,12-15,19,21H,8,11,16H2,1-6H3,(H,24,25). The third-order valence-electron chi connectivity index (χ3n) is 5.21. The molecule has 0 aromatic heterocycles. The molecule has 1 N–H and O–H groups in total. The SMILES string of the molecule is CC(C=CC1C(C)CCCC1(C)C)=CC=CC(C)=CC=C(C)C(=O)O. The monoisotopic (exact) mass is 342 g/mol. The Balaban J connectivity index is 2.70. The molecule has 0 saturated heterocycles. The van der Waals surface area contributed by atoms with Crippen molar-refractivity contribution in [1.29, 1.82) is 0 Å². The van der Waals surface area contributed by atoms with Crippen molar-refractivity contribution in [2.24, 2.45) is 17.3 Å². The molecule has 0 amide bonds. The first-order valence-corrected chi connectivity index (χ1v) is 9.25. The highest BCUT2D eigenvalue weighted by Gasteiger charge is 2.34. The van der Waals surface area contributed by atoms with E-state index in [1.807, 2.05) is 25.2 Å². The Morgan fingerprint density at radius 2 is 1.68 bits per heavy atom. The molecule has 2 heteroatoms. The minimum absolute atomic E-state index is 0.339. The molecule has 1 saturated carbocycles. The summed E-state index contributed by atoms with van der Waals surface area (Å²) in [7, 11) is 0. The van der Waals surface area contributed by atoms with Gasteiger partial charge >= 0.3 is 5.97 Å². The summed E-state index contributed by atoms with van der Waals surface area (Å²) < 4.78 is 0. The maximum Gasteiger partial charge on any atom is 0.331 e. The predicted molar refractivity (Wildman–Crippen MR) is 107 cm³/mol. The van der Waals surface area contributed by atoms with Gasteiger partial charge in [-0.05, 0) is 44.4 Å². The average Bonchev–Trinajstić information content (AvgIpc) is 2.51. The van der Waals surface area contributed by atoms with Gasteiger partial charge in [-0.15, -0.1) is 0 Å². The summed E-state index contributed by atoms with van der Waals surface area (Å²) in [6, 6.07) is 0. The normalized spacial score (nSPS) is 25.8. The van der Waals surface area contributed by atoms with E-state index in [0.717, 1.165) is 11.5 Å². The summed E-state index contributed by atoms with van der Waals surface area (Å²) in [5.74, 6) is 0.505. The predicted octanol–water partition coefficient (Wildman–Crippen LogP) is 6.48. The van der Waals surface area contributed by atoms with Crippen molar-refractivity contribution in [3.05, 3.63) is 59.3 Å². The fourth-order valence-electron chi connectivity index (χ4n) is 3.49. The molecular weight excluding hydrogens is 308 g/mol. The lowest BCUT2D eigenvalue weighted by Gasteiger charge is -2.41. The van der Waals surface area contributed by atoms with E-state index >= 15 is 0 Å². The number of aliphatic carboxylic acids is 1. The molecule has 0 heterocycles. The first-order valence-electron chi connectivity index (χ1n) is 9.25. The summed E-state index contributed by atoms with van der Waals surface area (Å²) in [6.07, 6.45) is 18.2. The minimum Gasteiger partial charge on any atom is -0.478 e. The van der Waals surface area contributed by atoms with Crippen molar-refractivity contribution in [3.8, 4) is 0 Å². The molecule has 2 nitrogen and oxygen atoms in total. The minimum atomic E-state index is -0.881. The van der Waals surface area contributed by atoms with E-state index in [1.54, 1.807) is 13.0 Å². The van der Waals surface area contributed by atoms with Gasteiger partial charge < -0.3 is 5.11 Å². The molecule has 1 fully saturated rings. The number of carboxylic acid groups (broad SMARTS) is 1. The number of carbonyl (C=O) groups is 1. The smallest absolute Gasteiger partial charge is 0.331 e. The van der Waals surface area contributed by atoms with Crippen molar-refractivity contribution in [2.45, 2.75) is 60.8 Å². The first-order chi connectivity index (χ1) is 11.6. The van der Waals surface area contributed by atoms with Crippen LogP contribution in [0.4, 0.5) is 0 Å². The summed E-state index contributed by atoms with van der Waals surface area (Å²) in [5, 5.41) is 8.83. The van der Waals surface area contributed by atoms with Crippen LogP contribution >= 0.6 is 0 Å². The zero-order chi connectivity index (χ0) is 19.0. The Kier molecular flexibility index (Phi) is 8.15. The molecule has 0 aromatic rings. The number of hydrogen-bond acceptors (Lipinski definition) is 1. The second-order valence-corrected chi connectivity index (χ2v) is 8.08. The van der Waals surface area contributed by atoms with Crippen LogP contribution in [0.15, 0.2) is 59.3 Å². The molecule has 0 bridgehead atoms. The fourth-order valence-corrected chi connectivity index (χ4v) is 3.49. The maximum atomic E-state index is 10.8. The van der Waals surface area contributed by atoms with Crippen LogP contribution in [0.25, 0.3) is 0 Å². The van der Waals surface area contributed by atoms with E-state index in [2.05, 4.69) is 45.9 Å². The lowest BCUT2D eigenvalue weighted by molar-refractivity contribution is -0.132. The molecular formula is C23H34O2. The van der Waals surface area contributed by atoms with Crippen molar-refractivity contribution in [1.82, 2.24) is 0 Å². The molecule has 0 radical (unpaired) electrons. The second-order valence-electron chi connectivity index (χ2n) is 8.08. The highest BCUT2D eigenvalue weighted by atomic mass is 16.4. The van der Waals surface area contributed by atoms with E-state index in [4.69, 9.17) is 5.11 Å². The van der Waals surface area contributed by atoms with Crippen LogP contribution in [-0.2, 0) is 4.79 Å². The van der Waals surface area contributed by atoms with Gasteiger partial charge in [-0.3, -0.25) is 0 Å². The number of rotatable bonds is 6. The summed E-state index contributed by atoms with van der Waals surface area (Å²) in [4.78, 5) is 10.8. The van der Waals surface area contributed by atoms with Crippen molar-refractivity contribution in [3.63, 3.8) is 0 Å². The zero-order valence-electron chi connectivity index (χ0n) is 16.7. The molecule has 2 unspecified atom stereocenters. The van der Waals surface area contributed by atoms with Gasteiger partial charge in [0.1, 0.15) is 0 Å². The van der Waals surface area contributed by atoms with Gasteiger partial charge in [-0.25, -0.2) is 4.79 Å². The first kappa shape index (κ1) is 21.2. The lowest BCUT2D eigenvalue weighted by Crippen LogP contribution is -2.32. The highest BCUT2D eigenvalue weighted by Crippen LogP contribution is 2.44. The zero-order valence-corrected chi connectivity index (χ0v) is 16.7. The topological polar surface area (TPSA) is 37.3 Å². The van der Waals surface area contributed by atoms with E-state index in [9.17, 15) is 4.79 Å². The van der Waals surface area contributed by atoms with Gasteiger partial charge in [-0.2, -0.15) is 0 Å². The van der Waals surface area contributed by atoms with Gasteiger partial charge in [0.05, 0.1) is 0 Å². The molecule has 0 aliphatic heterocycles. The molecule has 138 valence electrons. The third kappa shape index (κ3) is 7.29. The van der Waals surface area contributed by atoms with Gasteiger partial charge in [0, 0.05) is 5.57 Å². The molecule has 1 aliphatic rings.